The molecule has 0 atom stereocenters. The van der Waals surface area contributed by atoms with Gasteiger partial charge in [0.05, 0.1) is 11.4 Å². The predicted octanol–water partition coefficient (Wildman–Crippen LogP) is 6.58. The van der Waals surface area contributed by atoms with Crippen LogP contribution in [-0.2, 0) is 18.3 Å². The Morgan fingerprint density at radius 3 is 1.94 bits per heavy atom. The Morgan fingerprint density at radius 2 is 1.29 bits per heavy atom. The Labute approximate surface area is 200 Å². The summed E-state index contributed by atoms with van der Waals surface area (Å²) in [6.45, 7) is 6.63. The highest BCUT2D eigenvalue weighted by Gasteiger charge is 2.19. The molecule has 0 fully saturated rings. The summed E-state index contributed by atoms with van der Waals surface area (Å²) in [5.41, 5.74) is 7.69. The van der Waals surface area contributed by atoms with Crippen molar-refractivity contribution in [3.05, 3.63) is 119 Å². The highest BCUT2D eigenvalue weighted by Crippen LogP contribution is 2.29. The molecular weight excluding hydrogens is 418 g/mol. The van der Waals surface area contributed by atoms with E-state index >= 15 is 0 Å². The number of nitrogens with zero attached hydrogens (tertiary/aromatic N) is 3. The van der Waals surface area contributed by atoms with Crippen molar-refractivity contribution < 1.29 is 5.11 Å². The van der Waals surface area contributed by atoms with Crippen LogP contribution in [0.5, 0.6) is 5.88 Å². The molecule has 0 spiro atoms. The summed E-state index contributed by atoms with van der Waals surface area (Å²) in [5, 5.41) is 11.2. The van der Waals surface area contributed by atoms with Crippen molar-refractivity contribution in [2.24, 2.45) is 0 Å². The summed E-state index contributed by atoms with van der Waals surface area (Å²) >= 11 is 0. The summed E-state index contributed by atoms with van der Waals surface area (Å²) < 4.78 is 1.78. The zero-order chi connectivity index (χ0) is 23.7. The molecule has 3 aromatic carbocycles. The Bertz CT molecular complexity index is 1410. The third kappa shape index (κ3) is 4.44. The first-order valence-electron chi connectivity index (χ1n) is 11.7. The lowest BCUT2D eigenvalue weighted by atomic mass is 9.86. The molecule has 4 nitrogen and oxygen atoms in total. The van der Waals surface area contributed by atoms with Gasteiger partial charge >= 0.3 is 0 Å². The lowest BCUT2D eigenvalue weighted by Crippen LogP contribution is -2.10. The smallest absolute Gasteiger partial charge is 0.219 e. The van der Waals surface area contributed by atoms with Gasteiger partial charge < -0.3 is 5.11 Å². The predicted molar refractivity (Wildman–Crippen MR) is 137 cm³/mol. The highest BCUT2D eigenvalue weighted by atomic mass is 16.3. The quantitative estimate of drug-likeness (QED) is 0.331. The molecule has 0 bridgehead atoms. The van der Waals surface area contributed by atoms with Crippen LogP contribution in [0.1, 0.15) is 48.8 Å². The van der Waals surface area contributed by atoms with Crippen LogP contribution in [0.25, 0.3) is 16.9 Å². The first-order valence-corrected chi connectivity index (χ1v) is 11.7. The van der Waals surface area contributed by atoms with Crippen molar-refractivity contribution >= 4 is 5.65 Å². The lowest BCUT2D eigenvalue weighted by Gasteiger charge is -2.19. The topological polar surface area (TPSA) is 50.4 Å². The minimum absolute atomic E-state index is 0.107. The van der Waals surface area contributed by atoms with Gasteiger partial charge in [0.15, 0.2) is 5.65 Å². The Morgan fingerprint density at radius 1 is 0.706 bits per heavy atom. The van der Waals surface area contributed by atoms with Crippen molar-refractivity contribution in [1.29, 1.82) is 0 Å². The molecule has 2 heterocycles. The average molecular weight is 448 g/mol. The SMILES string of the molecule is CC(C)(C)c1ccc(Cc2nc3c(Cc4ccccc4)nc(-c4ccccc4)cn3c2O)cc1. The molecule has 0 saturated carbocycles. The maximum atomic E-state index is 11.2. The number of hydrogen-bond donors (Lipinski definition) is 1. The standard InChI is InChI=1S/C30H29N3O/c1-30(2,3)24-16-14-22(15-17-24)19-26-29(34)33-20-27(23-12-8-5-9-13-23)31-25(28(33)32-26)18-21-10-6-4-7-11-21/h4-17,20,34H,18-19H2,1-3H3. The van der Waals surface area contributed by atoms with E-state index in [9.17, 15) is 5.11 Å². The van der Waals surface area contributed by atoms with Gasteiger partial charge in [0.25, 0.3) is 0 Å². The van der Waals surface area contributed by atoms with Gasteiger partial charge in [-0.1, -0.05) is 106 Å². The largest absolute Gasteiger partial charge is 0.493 e. The molecule has 170 valence electrons. The molecular formula is C30H29N3O. The van der Waals surface area contributed by atoms with Gasteiger partial charge in [0, 0.05) is 24.6 Å². The van der Waals surface area contributed by atoms with Crippen molar-refractivity contribution in [1.82, 2.24) is 14.4 Å². The number of fused-ring (bicyclic) bond motifs is 1. The van der Waals surface area contributed by atoms with E-state index in [1.807, 2.05) is 54.7 Å². The van der Waals surface area contributed by atoms with E-state index in [0.717, 1.165) is 28.1 Å². The van der Waals surface area contributed by atoms with Crippen LogP contribution in [-0.4, -0.2) is 19.5 Å². The van der Waals surface area contributed by atoms with Gasteiger partial charge in [0.2, 0.25) is 5.88 Å². The third-order valence-electron chi connectivity index (χ3n) is 6.20. The zero-order valence-electron chi connectivity index (χ0n) is 19.9. The second-order valence-electron chi connectivity index (χ2n) is 9.80. The van der Waals surface area contributed by atoms with E-state index in [-0.39, 0.29) is 11.3 Å². The van der Waals surface area contributed by atoms with Crippen LogP contribution in [0.15, 0.2) is 91.1 Å². The maximum absolute atomic E-state index is 11.2. The molecule has 0 radical (unpaired) electrons. The molecule has 1 N–H and O–H groups in total. The van der Waals surface area contributed by atoms with Crippen LogP contribution >= 0.6 is 0 Å². The molecule has 0 aliphatic carbocycles. The van der Waals surface area contributed by atoms with E-state index in [2.05, 4.69) is 57.2 Å². The monoisotopic (exact) mass is 447 g/mol. The summed E-state index contributed by atoms with van der Waals surface area (Å²) in [6, 6.07) is 28.9. The molecule has 5 rings (SSSR count). The molecule has 0 unspecified atom stereocenters. The fourth-order valence-corrected chi connectivity index (χ4v) is 4.23. The van der Waals surface area contributed by atoms with E-state index in [1.165, 1.54) is 5.56 Å². The first kappa shape index (κ1) is 21.9. The van der Waals surface area contributed by atoms with Crippen LogP contribution in [0.2, 0.25) is 0 Å². The number of imidazole rings is 1. The zero-order valence-corrected chi connectivity index (χ0v) is 19.9. The van der Waals surface area contributed by atoms with E-state index in [1.54, 1.807) is 4.40 Å². The molecule has 5 aromatic rings. The van der Waals surface area contributed by atoms with Gasteiger partial charge in [0.1, 0.15) is 5.69 Å². The van der Waals surface area contributed by atoms with Crippen LogP contribution in [0.3, 0.4) is 0 Å². The van der Waals surface area contributed by atoms with Crippen LogP contribution in [0, 0.1) is 0 Å². The minimum Gasteiger partial charge on any atom is -0.493 e. The molecule has 0 saturated heterocycles. The van der Waals surface area contributed by atoms with Gasteiger partial charge in [-0.15, -0.1) is 0 Å². The molecule has 4 heteroatoms. The normalized spacial score (nSPS) is 11.7. The number of aromatic nitrogens is 3. The average Bonchev–Trinajstić information content (AvgIpc) is 3.15. The van der Waals surface area contributed by atoms with Gasteiger partial charge in [-0.2, -0.15) is 0 Å². The minimum atomic E-state index is 0.107. The number of aromatic hydroxyl groups is 1. The fourth-order valence-electron chi connectivity index (χ4n) is 4.23. The molecule has 34 heavy (non-hydrogen) atoms. The molecule has 0 amide bonds. The Hall–Kier alpha value is -3.92. The fraction of sp³-hybridized carbons (Fsp3) is 0.200. The van der Waals surface area contributed by atoms with E-state index < -0.39 is 0 Å². The summed E-state index contributed by atoms with van der Waals surface area (Å²) in [7, 11) is 0. The van der Waals surface area contributed by atoms with Crippen molar-refractivity contribution in [2.75, 3.05) is 0 Å². The van der Waals surface area contributed by atoms with Crippen LogP contribution in [0.4, 0.5) is 0 Å². The molecule has 0 aliphatic heterocycles. The summed E-state index contributed by atoms with van der Waals surface area (Å²) in [4.78, 5) is 9.83. The second-order valence-corrected chi connectivity index (χ2v) is 9.80. The highest BCUT2D eigenvalue weighted by molar-refractivity contribution is 5.63. The number of benzene rings is 3. The van der Waals surface area contributed by atoms with Gasteiger partial charge in [-0.25, -0.2) is 9.97 Å². The van der Waals surface area contributed by atoms with Crippen molar-refractivity contribution in [2.45, 2.75) is 39.0 Å². The molecule has 0 aliphatic rings. The Balaban J connectivity index is 1.58. The summed E-state index contributed by atoms with van der Waals surface area (Å²) in [5.74, 6) is 0.170. The van der Waals surface area contributed by atoms with Crippen molar-refractivity contribution in [3.8, 4) is 17.1 Å². The van der Waals surface area contributed by atoms with Gasteiger partial charge in [-0.05, 0) is 22.1 Å². The van der Waals surface area contributed by atoms with Crippen molar-refractivity contribution in [3.63, 3.8) is 0 Å². The first-order chi connectivity index (χ1) is 16.4. The summed E-state index contributed by atoms with van der Waals surface area (Å²) in [6.07, 6.45) is 3.08. The van der Waals surface area contributed by atoms with Crippen LogP contribution < -0.4 is 0 Å². The number of hydrogen-bond acceptors (Lipinski definition) is 3. The number of rotatable bonds is 5. The van der Waals surface area contributed by atoms with Gasteiger partial charge in [-0.3, -0.25) is 4.40 Å². The lowest BCUT2D eigenvalue weighted by molar-refractivity contribution is 0.442. The third-order valence-corrected chi connectivity index (χ3v) is 6.20. The second kappa shape index (κ2) is 8.79. The van der Waals surface area contributed by atoms with E-state index in [0.29, 0.717) is 24.2 Å². The Kier molecular flexibility index (Phi) is 5.66. The van der Waals surface area contributed by atoms with E-state index in [4.69, 9.17) is 9.97 Å². The molecule has 2 aromatic heterocycles. The maximum Gasteiger partial charge on any atom is 0.219 e.